The number of amides is 1. The van der Waals surface area contributed by atoms with Crippen LogP contribution in [0.2, 0.25) is 0 Å². The molecule has 0 spiro atoms. The summed E-state index contributed by atoms with van der Waals surface area (Å²) in [5, 5.41) is 3.07. The van der Waals surface area contributed by atoms with Gasteiger partial charge in [-0.3, -0.25) is 14.7 Å². The molecule has 1 amide bonds. The highest BCUT2D eigenvalue weighted by molar-refractivity contribution is 5.94. The number of hydrogen-bond acceptors (Lipinski definition) is 4. The van der Waals surface area contributed by atoms with E-state index in [1.165, 1.54) is 0 Å². The lowest BCUT2D eigenvalue weighted by atomic mass is 9.98. The van der Waals surface area contributed by atoms with E-state index in [2.05, 4.69) is 25.2 Å². The largest absolute Gasteiger partial charge is 0.352 e. The fourth-order valence-corrected chi connectivity index (χ4v) is 3.16. The van der Waals surface area contributed by atoms with Crippen molar-refractivity contribution in [2.45, 2.75) is 33.2 Å². The molecule has 6 nitrogen and oxygen atoms in total. The van der Waals surface area contributed by atoms with Gasteiger partial charge in [-0.05, 0) is 50.8 Å². The number of H-pyrrole nitrogens is 1. The van der Waals surface area contributed by atoms with E-state index in [4.69, 9.17) is 0 Å². The van der Waals surface area contributed by atoms with Crippen LogP contribution in [0.5, 0.6) is 0 Å². The predicted molar refractivity (Wildman–Crippen MR) is 92.6 cm³/mol. The van der Waals surface area contributed by atoms with Gasteiger partial charge < -0.3 is 10.3 Å². The third-order valence-corrected chi connectivity index (χ3v) is 4.68. The first-order valence-electron chi connectivity index (χ1n) is 8.54. The van der Waals surface area contributed by atoms with E-state index in [1.807, 2.05) is 26.1 Å². The molecule has 2 N–H and O–H groups in total. The number of nitrogens with one attached hydrogen (secondary N) is 2. The molecule has 2 aromatic rings. The number of imidazole rings is 1. The number of nitrogens with zero attached hydrogens (tertiary/aromatic N) is 3. The molecule has 6 heteroatoms. The number of rotatable bonds is 5. The number of pyridine rings is 1. The second-order valence-electron chi connectivity index (χ2n) is 6.62. The summed E-state index contributed by atoms with van der Waals surface area (Å²) < 4.78 is 0. The third-order valence-electron chi connectivity index (χ3n) is 4.68. The summed E-state index contributed by atoms with van der Waals surface area (Å²) in [6, 6.07) is 1.90. The number of hydrogen-bond donors (Lipinski definition) is 2. The van der Waals surface area contributed by atoms with E-state index in [9.17, 15) is 4.79 Å². The second kappa shape index (κ2) is 7.57. The highest BCUT2D eigenvalue weighted by Gasteiger charge is 2.21. The maximum Gasteiger partial charge on any atom is 0.252 e. The van der Waals surface area contributed by atoms with Crippen LogP contribution in [0.3, 0.4) is 0 Å². The molecule has 0 aromatic carbocycles. The summed E-state index contributed by atoms with van der Waals surface area (Å²) in [6.07, 6.45) is 7.61. The fourth-order valence-electron chi connectivity index (χ4n) is 3.16. The molecule has 1 atom stereocenters. The zero-order valence-electron chi connectivity index (χ0n) is 14.4. The Morgan fingerprint density at radius 2 is 2.29 bits per heavy atom. The standard InChI is InChI=1S/C18H25N5O/c1-13-8-16(10-21-14(13)2)18(24)22-9-15-4-3-7-23(11-15)12-17-19-5-6-20-17/h5-6,8,10,15H,3-4,7,9,11-12H2,1-2H3,(H,19,20)(H,22,24). The number of piperidine rings is 1. The number of aromatic nitrogens is 3. The van der Waals surface area contributed by atoms with Crippen molar-refractivity contribution in [1.82, 2.24) is 25.2 Å². The van der Waals surface area contributed by atoms with Gasteiger partial charge in [0.05, 0.1) is 12.1 Å². The van der Waals surface area contributed by atoms with Crippen molar-refractivity contribution in [3.8, 4) is 0 Å². The Morgan fingerprint density at radius 3 is 3.04 bits per heavy atom. The lowest BCUT2D eigenvalue weighted by molar-refractivity contribution is 0.0929. The quantitative estimate of drug-likeness (QED) is 0.881. The van der Waals surface area contributed by atoms with E-state index in [0.717, 1.165) is 49.6 Å². The van der Waals surface area contributed by atoms with Crippen LogP contribution >= 0.6 is 0 Å². The fraction of sp³-hybridized carbons (Fsp3) is 0.500. The molecule has 3 heterocycles. The second-order valence-corrected chi connectivity index (χ2v) is 6.62. The number of likely N-dealkylation sites (tertiary alicyclic amines) is 1. The summed E-state index contributed by atoms with van der Waals surface area (Å²) in [7, 11) is 0. The highest BCUT2D eigenvalue weighted by atomic mass is 16.1. The summed E-state index contributed by atoms with van der Waals surface area (Å²) in [4.78, 5) is 26.4. The van der Waals surface area contributed by atoms with E-state index in [-0.39, 0.29) is 5.91 Å². The van der Waals surface area contributed by atoms with E-state index < -0.39 is 0 Å². The van der Waals surface area contributed by atoms with Crippen molar-refractivity contribution < 1.29 is 4.79 Å². The van der Waals surface area contributed by atoms with Gasteiger partial charge >= 0.3 is 0 Å². The molecule has 128 valence electrons. The number of aromatic amines is 1. The van der Waals surface area contributed by atoms with Crippen molar-refractivity contribution in [1.29, 1.82) is 0 Å². The first-order valence-corrected chi connectivity index (χ1v) is 8.54. The van der Waals surface area contributed by atoms with Gasteiger partial charge in [0.1, 0.15) is 5.82 Å². The summed E-state index contributed by atoms with van der Waals surface area (Å²) in [6.45, 7) is 7.57. The summed E-state index contributed by atoms with van der Waals surface area (Å²) >= 11 is 0. The molecule has 3 rings (SSSR count). The van der Waals surface area contributed by atoms with Crippen molar-refractivity contribution in [2.75, 3.05) is 19.6 Å². The normalized spacial score (nSPS) is 18.5. The molecule has 0 bridgehead atoms. The summed E-state index contributed by atoms with van der Waals surface area (Å²) in [5.74, 6) is 1.45. The minimum absolute atomic E-state index is 0.0336. The van der Waals surface area contributed by atoms with Crippen LogP contribution in [0.4, 0.5) is 0 Å². The van der Waals surface area contributed by atoms with Crippen LogP contribution in [0.15, 0.2) is 24.7 Å². The van der Waals surface area contributed by atoms with Crippen LogP contribution in [0, 0.1) is 19.8 Å². The molecule has 24 heavy (non-hydrogen) atoms. The van der Waals surface area contributed by atoms with E-state index >= 15 is 0 Å². The van der Waals surface area contributed by atoms with Gasteiger partial charge in [0.15, 0.2) is 0 Å². The van der Waals surface area contributed by atoms with E-state index in [1.54, 1.807) is 12.4 Å². The van der Waals surface area contributed by atoms with Gasteiger partial charge in [-0.25, -0.2) is 4.98 Å². The first kappa shape index (κ1) is 16.6. The minimum atomic E-state index is -0.0336. The van der Waals surface area contributed by atoms with Gasteiger partial charge in [0.25, 0.3) is 5.91 Å². The molecular formula is C18H25N5O. The number of aryl methyl sites for hydroxylation is 2. The Hall–Kier alpha value is -2.21. The average Bonchev–Trinajstić information content (AvgIpc) is 3.08. The summed E-state index contributed by atoms with van der Waals surface area (Å²) in [5.41, 5.74) is 2.65. The molecule has 0 aliphatic carbocycles. The Labute approximate surface area is 142 Å². The maximum absolute atomic E-state index is 12.3. The number of carbonyl (C=O) groups excluding carboxylic acids is 1. The Kier molecular flexibility index (Phi) is 5.25. The van der Waals surface area contributed by atoms with E-state index in [0.29, 0.717) is 18.0 Å². The predicted octanol–water partition coefficient (Wildman–Crippen LogP) is 2.06. The lowest BCUT2D eigenvalue weighted by Gasteiger charge is -2.32. The van der Waals surface area contributed by atoms with Gasteiger partial charge in [-0.2, -0.15) is 0 Å². The molecule has 0 radical (unpaired) electrons. The zero-order valence-corrected chi connectivity index (χ0v) is 14.4. The van der Waals surface area contributed by atoms with Crippen LogP contribution in [-0.4, -0.2) is 45.4 Å². The Morgan fingerprint density at radius 1 is 1.42 bits per heavy atom. The van der Waals surface area contributed by atoms with Crippen LogP contribution in [0.1, 0.15) is 40.3 Å². The molecule has 1 aliphatic heterocycles. The van der Waals surface area contributed by atoms with Crippen molar-refractivity contribution in [3.63, 3.8) is 0 Å². The average molecular weight is 327 g/mol. The highest BCUT2D eigenvalue weighted by Crippen LogP contribution is 2.17. The first-order chi connectivity index (χ1) is 11.6. The Balaban J connectivity index is 1.50. The SMILES string of the molecule is Cc1cc(C(=O)NCC2CCCN(Cc3ncc[nH]3)C2)cnc1C. The molecule has 2 aromatic heterocycles. The maximum atomic E-state index is 12.3. The smallest absolute Gasteiger partial charge is 0.252 e. The molecule has 1 saturated heterocycles. The molecule has 0 saturated carbocycles. The van der Waals surface area contributed by atoms with Gasteiger partial charge in [-0.15, -0.1) is 0 Å². The van der Waals surface area contributed by atoms with Gasteiger partial charge in [0, 0.05) is 37.4 Å². The molecule has 1 fully saturated rings. The molecular weight excluding hydrogens is 302 g/mol. The Bertz CT molecular complexity index is 683. The lowest BCUT2D eigenvalue weighted by Crippen LogP contribution is -2.40. The van der Waals surface area contributed by atoms with Crippen LogP contribution in [-0.2, 0) is 6.54 Å². The minimum Gasteiger partial charge on any atom is -0.352 e. The topological polar surface area (TPSA) is 73.9 Å². The van der Waals surface area contributed by atoms with Crippen LogP contribution < -0.4 is 5.32 Å². The van der Waals surface area contributed by atoms with Crippen molar-refractivity contribution >= 4 is 5.91 Å². The van der Waals surface area contributed by atoms with Crippen LogP contribution in [0.25, 0.3) is 0 Å². The zero-order chi connectivity index (χ0) is 16.9. The van der Waals surface area contributed by atoms with Gasteiger partial charge in [0.2, 0.25) is 0 Å². The monoisotopic (exact) mass is 327 g/mol. The molecule has 1 aliphatic rings. The third kappa shape index (κ3) is 4.20. The number of carbonyl (C=O) groups is 1. The molecule has 1 unspecified atom stereocenters. The van der Waals surface area contributed by atoms with Crippen molar-refractivity contribution in [3.05, 3.63) is 47.3 Å². The van der Waals surface area contributed by atoms with Crippen molar-refractivity contribution in [2.24, 2.45) is 5.92 Å². The van der Waals surface area contributed by atoms with Gasteiger partial charge in [-0.1, -0.05) is 0 Å².